The summed E-state index contributed by atoms with van der Waals surface area (Å²) >= 11 is 1.43. The highest BCUT2D eigenvalue weighted by molar-refractivity contribution is 7.18. The summed E-state index contributed by atoms with van der Waals surface area (Å²) in [6.45, 7) is 1.74. The van der Waals surface area contributed by atoms with Gasteiger partial charge in [0.2, 0.25) is 5.13 Å². The van der Waals surface area contributed by atoms with Crippen molar-refractivity contribution in [1.82, 2.24) is 10.2 Å². The minimum Gasteiger partial charge on any atom is -0.387 e. The van der Waals surface area contributed by atoms with Crippen LogP contribution in [-0.2, 0) is 0 Å². The first kappa shape index (κ1) is 13.5. The number of aromatic nitrogens is 2. The Hall–Kier alpha value is -2.53. The van der Waals surface area contributed by atoms with E-state index in [0.717, 1.165) is 21.7 Å². The molecule has 2 aromatic carbocycles. The van der Waals surface area contributed by atoms with Crippen molar-refractivity contribution in [3.05, 3.63) is 54.6 Å². The average molecular weight is 294 g/mol. The highest BCUT2D eigenvalue weighted by atomic mass is 32.1. The SMILES string of the molecule is CC(N)=Nc1nnc(-c2ccccc2-c2ccccc2)s1. The molecule has 0 aliphatic rings. The van der Waals surface area contributed by atoms with Gasteiger partial charge in [-0.1, -0.05) is 65.9 Å². The van der Waals surface area contributed by atoms with Gasteiger partial charge in [-0.3, -0.25) is 0 Å². The van der Waals surface area contributed by atoms with E-state index in [0.29, 0.717) is 11.0 Å². The summed E-state index contributed by atoms with van der Waals surface area (Å²) in [5.74, 6) is 0.481. The summed E-state index contributed by atoms with van der Waals surface area (Å²) in [7, 11) is 0. The van der Waals surface area contributed by atoms with Crippen LogP contribution in [0.25, 0.3) is 21.7 Å². The van der Waals surface area contributed by atoms with E-state index in [2.05, 4.69) is 33.4 Å². The van der Waals surface area contributed by atoms with Gasteiger partial charge < -0.3 is 5.73 Å². The van der Waals surface area contributed by atoms with Crippen LogP contribution >= 0.6 is 11.3 Å². The number of hydrogen-bond donors (Lipinski definition) is 1. The van der Waals surface area contributed by atoms with E-state index in [-0.39, 0.29) is 0 Å². The van der Waals surface area contributed by atoms with E-state index in [4.69, 9.17) is 5.73 Å². The molecule has 0 saturated heterocycles. The molecule has 0 atom stereocenters. The van der Waals surface area contributed by atoms with Crippen molar-refractivity contribution in [3.63, 3.8) is 0 Å². The average Bonchev–Trinajstić information content (AvgIpc) is 2.96. The van der Waals surface area contributed by atoms with Crippen molar-refractivity contribution in [3.8, 4) is 21.7 Å². The molecule has 0 fully saturated rings. The standard InChI is InChI=1S/C16H14N4S/c1-11(17)18-16-20-19-15(21-16)14-10-6-5-9-13(14)12-7-3-2-4-8-12/h2-10H,1H3,(H2,17,18,20). The Kier molecular flexibility index (Phi) is 3.75. The fourth-order valence-electron chi connectivity index (χ4n) is 2.06. The van der Waals surface area contributed by atoms with Crippen molar-refractivity contribution in [1.29, 1.82) is 0 Å². The van der Waals surface area contributed by atoms with Crippen LogP contribution in [0.4, 0.5) is 5.13 Å². The van der Waals surface area contributed by atoms with Crippen LogP contribution in [0, 0.1) is 0 Å². The molecule has 0 bridgehead atoms. The van der Waals surface area contributed by atoms with Crippen LogP contribution in [0.2, 0.25) is 0 Å². The molecule has 4 nitrogen and oxygen atoms in total. The maximum absolute atomic E-state index is 5.58. The maximum Gasteiger partial charge on any atom is 0.233 e. The summed E-state index contributed by atoms with van der Waals surface area (Å²) < 4.78 is 0. The fourth-order valence-corrected chi connectivity index (χ4v) is 2.87. The molecule has 2 N–H and O–H groups in total. The molecule has 0 aliphatic carbocycles. The summed E-state index contributed by atoms with van der Waals surface area (Å²) in [4.78, 5) is 4.15. The van der Waals surface area contributed by atoms with Crippen molar-refractivity contribution < 1.29 is 0 Å². The van der Waals surface area contributed by atoms with Crippen LogP contribution in [0.1, 0.15) is 6.92 Å². The van der Waals surface area contributed by atoms with Gasteiger partial charge in [-0.15, -0.1) is 10.2 Å². The Labute approximate surface area is 127 Å². The Balaban J connectivity index is 2.07. The molecule has 0 unspecified atom stereocenters. The lowest BCUT2D eigenvalue weighted by Gasteiger charge is -2.06. The zero-order valence-electron chi connectivity index (χ0n) is 11.5. The van der Waals surface area contributed by atoms with E-state index in [1.54, 1.807) is 6.92 Å². The zero-order chi connectivity index (χ0) is 14.7. The number of nitrogens with two attached hydrogens (primary N) is 1. The number of rotatable bonds is 3. The molecule has 0 radical (unpaired) electrons. The highest BCUT2D eigenvalue weighted by Crippen LogP contribution is 2.35. The van der Waals surface area contributed by atoms with Crippen LogP contribution in [-0.4, -0.2) is 16.0 Å². The minimum absolute atomic E-state index is 0.481. The van der Waals surface area contributed by atoms with Crippen molar-refractivity contribution in [2.45, 2.75) is 6.92 Å². The van der Waals surface area contributed by atoms with Gasteiger partial charge in [0.05, 0.1) is 5.84 Å². The van der Waals surface area contributed by atoms with Crippen molar-refractivity contribution >= 4 is 22.3 Å². The van der Waals surface area contributed by atoms with Crippen LogP contribution in [0.15, 0.2) is 59.6 Å². The minimum atomic E-state index is 0.481. The smallest absolute Gasteiger partial charge is 0.233 e. The molecule has 0 aliphatic heterocycles. The first-order valence-corrected chi connectivity index (χ1v) is 7.35. The van der Waals surface area contributed by atoms with E-state index in [1.807, 2.05) is 36.4 Å². The second-order valence-corrected chi connectivity index (χ2v) is 5.51. The second-order valence-electron chi connectivity index (χ2n) is 4.55. The predicted octanol–water partition coefficient (Wildman–Crippen LogP) is 3.88. The number of hydrogen-bond acceptors (Lipinski definition) is 4. The lowest BCUT2D eigenvalue weighted by molar-refractivity contribution is 1.09. The number of benzene rings is 2. The zero-order valence-corrected chi connectivity index (χ0v) is 12.3. The lowest BCUT2D eigenvalue weighted by atomic mass is 10.0. The van der Waals surface area contributed by atoms with Crippen molar-refractivity contribution in [2.75, 3.05) is 0 Å². The summed E-state index contributed by atoms with van der Waals surface area (Å²) in [5, 5.41) is 9.72. The third-order valence-corrected chi connectivity index (χ3v) is 3.78. The Morgan fingerprint density at radius 1 is 0.952 bits per heavy atom. The molecule has 104 valence electrons. The third kappa shape index (κ3) is 2.98. The van der Waals surface area contributed by atoms with Gasteiger partial charge in [0, 0.05) is 5.56 Å². The van der Waals surface area contributed by atoms with Gasteiger partial charge in [-0.05, 0) is 18.1 Å². The summed E-state index contributed by atoms with van der Waals surface area (Å²) in [6, 6.07) is 18.4. The lowest BCUT2D eigenvalue weighted by Crippen LogP contribution is -2.03. The molecule has 3 aromatic rings. The monoisotopic (exact) mass is 294 g/mol. The molecular formula is C16H14N4S. The van der Waals surface area contributed by atoms with Gasteiger partial charge in [0.25, 0.3) is 0 Å². The van der Waals surface area contributed by atoms with E-state index >= 15 is 0 Å². The maximum atomic E-state index is 5.58. The predicted molar refractivity (Wildman–Crippen MR) is 87.7 cm³/mol. The van der Waals surface area contributed by atoms with Gasteiger partial charge >= 0.3 is 0 Å². The highest BCUT2D eigenvalue weighted by Gasteiger charge is 2.11. The largest absolute Gasteiger partial charge is 0.387 e. The number of nitrogens with zero attached hydrogens (tertiary/aromatic N) is 3. The van der Waals surface area contributed by atoms with E-state index < -0.39 is 0 Å². The van der Waals surface area contributed by atoms with E-state index in [1.165, 1.54) is 11.3 Å². The first-order chi connectivity index (χ1) is 10.2. The molecule has 0 saturated carbocycles. The molecule has 1 heterocycles. The molecule has 3 rings (SSSR count). The third-order valence-electron chi connectivity index (χ3n) is 2.93. The van der Waals surface area contributed by atoms with Gasteiger partial charge in [0.1, 0.15) is 5.01 Å². The van der Waals surface area contributed by atoms with Crippen LogP contribution in [0.3, 0.4) is 0 Å². The Bertz CT molecular complexity index is 774. The number of amidine groups is 1. The first-order valence-electron chi connectivity index (χ1n) is 6.53. The molecule has 1 aromatic heterocycles. The molecule has 0 amide bonds. The van der Waals surface area contributed by atoms with Gasteiger partial charge in [-0.25, -0.2) is 4.99 Å². The van der Waals surface area contributed by atoms with E-state index in [9.17, 15) is 0 Å². The Morgan fingerprint density at radius 2 is 1.62 bits per heavy atom. The second kappa shape index (κ2) is 5.85. The molecular weight excluding hydrogens is 280 g/mol. The summed E-state index contributed by atoms with van der Waals surface area (Å²) in [6.07, 6.45) is 0. The summed E-state index contributed by atoms with van der Waals surface area (Å²) in [5.41, 5.74) is 8.92. The van der Waals surface area contributed by atoms with Crippen LogP contribution in [0.5, 0.6) is 0 Å². The van der Waals surface area contributed by atoms with Crippen molar-refractivity contribution in [2.24, 2.45) is 10.7 Å². The fraction of sp³-hybridized carbons (Fsp3) is 0.0625. The van der Waals surface area contributed by atoms with Gasteiger partial charge in [0.15, 0.2) is 0 Å². The quantitative estimate of drug-likeness (QED) is 0.589. The topological polar surface area (TPSA) is 64.2 Å². The normalized spacial score (nSPS) is 11.6. The molecule has 0 spiro atoms. The molecule has 21 heavy (non-hydrogen) atoms. The Morgan fingerprint density at radius 3 is 2.33 bits per heavy atom. The van der Waals surface area contributed by atoms with Gasteiger partial charge in [-0.2, -0.15) is 0 Å². The number of aliphatic imine (C=N–C) groups is 1. The van der Waals surface area contributed by atoms with Crippen LogP contribution < -0.4 is 5.73 Å². The molecule has 5 heteroatoms.